The van der Waals surface area contributed by atoms with Gasteiger partial charge in [-0.15, -0.1) is 0 Å². The molecule has 3 fully saturated rings. The fourth-order valence-electron chi connectivity index (χ4n) is 5.22. The van der Waals surface area contributed by atoms with Gasteiger partial charge in [-0.1, -0.05) is 25.5 Å². The van der Waals surface area contributed by atoms with Gasteiger partial charge in [-0.2, -0.15) is 0 Å². The normalized spacial score (nSPS) is 54.1. The van der Waals surface area contributed by atoms with Crippen LogP contribution in [-0.2, 0) is 19.0 Å². The molecule has 0 N–H and O–H groups in total. The molecule has 4 nitrogen and oxygen atoms in total. The van der Waals surface area contributed by atoms with Crippen molar-refractivity contribution >= 4 is 5.97 Å². The number of allylic oxidation sites excluding steroid dienone is 1. The van der Waals surface area contributed by atoms with Crippen LogP contribution in [0.3, 0.4) is 0 Å². The second-order valence-corrected chi connectivity index (χ2v) is 7.69. The van der Waals surface area contributed by atoms with Crippen LogP contribution in [0.25, 0.3) is 0 Å². The van der Waals surface area contributed by atoms with Crippen LogP contribution in [0.4, 0.5) is 0 Å². The fourth-order valence-corrected chi connectivity index (χ4v) is 5.22. The van der Waals surface area contributed by atoms with Crippen molar-refractivity contribution in [3.8, 4) is 0 Å². The minimum atomic E-state index is -0.239. The Balaban J connectivity index is 1.82. The highest BCUT2D eigenvalue weighted by molar-refractivity contribution is 5.66. The fraction of sp³-hybridized carbons (Fsp3) is 0.824. The first kappa shape index (κ1) is 13.8. The first-order valence-electron chi connectivity index (χ1n) is 7.97. The number of epoxide rings is 1. The van der Waals surface area contributed by atoms with Crippen molar-refractivity contribution in [3.05, 3.63) is 11.6 Å². The molecule has 4 heteroatoms. The third-order valence-electron chi connectivity index (χ3n) is 6.83. The van der Waals surface area contributed by atoms with E-state index in [0.29, 0.717) is 0 Å². The van der Waals surface area contributed by atoms with E-state index in [-0.39, 0.29) is 40.7 Å². The van der Waals surface area contributed by atoms with Crippen LogP contribution in [0.1, 0.15) is 47.0 Å². The van der Waals surface area contributed by atoms with E-state index in [9.17, 15) is 4.79 Å². The number of fused-ring (bicyclic) bond motifs is 2. The van der Waals surface area contributed by atoms with Gasteiger partial charge in [0.25, 0.3) is 0 Å². The van der Waals surface area contributed by atoms with E-state index in [4.69, 9.17) is 14.2 Å². The SMILES string of the molecule is CC(=O)O[C@@H]1C[C@H]2O[C@@H]3C=C(C)CC[C@]3(C)[C@]1(C)[C@]21CO1. The van der Waals surface area contributed by atoms with Gasteiger partial charge in [0, 0.05) is 24.2 Å². The van der Waals surface area contributed by atoms with Crippen LogP contribution in [0, 0.1) is 10.8 Å². The second-order valence-electron chi connectivity index (χ2n) is 7.69. The maximum absolute atomic E-state index is 11.6. The maximum Gasteiger partial charge on any atom is 0.302 e. The summed E-state index contributed by atoms with van der Waals surface area (Å²) in [5.41, 5.74) is 0.946. The number of rotatable bonds is 1. The summed E-state index contributed by atoms with van der Waals surface area (Å²) in [4.78, 5) is 11.6. The van der Waals surface area contributed by atoms with Gasteiger partial charge in [0.15, 0.2) is 0 Å². The lowest BCUT2D eigenvalue weighted by Gasteiger charge is -2.57. The Hall–Kier alpha value is -0.870. The van der Waals surface area contributed by atoms with Gasteiger partial charge in [0.2, 0.25) is 0 Å². The number of hydrogen-bond acceptors (Lipinski definition) is 4. The third kappa shape index (κ3) is 1.45. The summed E-state index contributed by atoms with van der Waals surface area (Å²) in [7, 11) is 0. The number of ether oxygens (including phenoxy) is 3. The molecule has 0 aromatic heterocycles. The molecule has 2 heterocycles. The zero-order chi connectivity index (χ0) is 15.0. The summed E-state index contributed by atoms with van der Waals surface area (Å²) < 4.78 is 18.1. The minimum absolute atomic E-state index is 0.0455. The lowest BCUT2D eigenvalue weighted by Crippen LogP contribution is -2.63. The molecule has 0 amide bonds. The zero-order valence-corrected chi connectivity index (χ0v) is 13.3. The van der Waals surface area contributed by atoms with Crippen LogP contribution < -0.4 is 0 Å². The Morgan fingerprint density at radius 1 is 1.43 bits per heavy atom. The highest BCUT2D eigenvalue weighted by Gasteiger charge is 2.81. The molecule has 2 bridgehead atoms. The van der Waals surface area contributed by atoms with E-state index in [1.807, 2.05) is 0 Å². The van der Waals surface area contributed by atoms with Crippen molar-refractivity contribution in [1.82, 2.24) is 0 Å². The van der Waals surface area contributed by atoms with E-state index < -0.39 is 0 Å². The predicted octanol–water partition coefficient (Wildman–Crippen LogP) is 2.61. The maximum atomic E-state index is 11.6. The van der Waals surface area contributed by atoms with E-state index in [0.717, 1.165) is 25.9 Å². The molecular weight excluding hydrogens is 268 g/mol. The molecule has 1 saturated carbocycles. The van der Waals surface area contributed by atoms with Gasteiger partial charge in [0.1, 0.15) is 11.7 Å². The molecule has 2 aliphatic heterocycles. The molecule has 2 aliphatic carbocycles. The lowest BCUT2D eigenvalue weighted by atomic mass is 9.52. The monoisotopic (exact) mass is 292 g/mol. The van der Waals surface area contributed by atoms with E-state index in [1.54, 1.807) is 0 Å². The van der Waals surface area contributed by atoms with Gasteiger partial charge < -0.3 is 14.2 Å². The number of esters is 1. The van der Waals surface area contributed by atoms with E-state index in [1.165, 1.54) is 12.5 Å². The van der Waals surface area contributed by atoms with Crippen LogP contribution in [0.5, 0.6) is 0 Å². The molecule has 0 unspecified atom stereocenters. The van der Waals surface area contributed by atoms with Crippen LogP contribution in [0.2, 0.25) is 0 Å². The molecule has 2 saturated heterocycles. The first-order valence-corrected chi connectivity index (χ1v) is 7.97. The van der Waals surface area contributed by atoms with Crippen LogP contribution >= 0.6 is 0 Å². The van der Waals surface area contributed by atoms with Crippen molar-refractivity contribution in [2.75, 3.05) is 6.61 Å². The summed E-state index contributed by atoms with van der Waals surface area (Å²) in [6.07, 6.45) is 5.23. The highest BCUT2D eigenvalue weighted by atomic mass is 16.6. The number of hydrogen-bond donors (Lipinski definition) is 0. The van der Waals surface area contributed by atoms with E-state index in [2.05, 4.69) is 26.8 Å². The minimum Gasteiger partial charge on any atom is -0.462 e. The van der Waals surface area contributed by atoms with Crippen molar-refractivity contribution in [2.45, 2.75) is 70.9 Å². The van der Waals surface area contributed by atoms with E-state index >= 15 is 0 Å². The summed E-state index contributed by atoms with van der Waals surface area (Å²) >= 11 is 0. The highest BCUT2D eigenvalue weighted by Crippen LogP contribution is 2.71. The Morgan fingerprint density at radius 2 is 2.14 bits per heavy atom. The predicted molar refractivity (Wildman–Crippen MR) is 76.7 cm³/mol. The average Bonchev–Trinajstić information content (AvgIpc) is 3.16. The molecule has 116 valence electrons. The van der Waals surface area contributed by atoms with Gasteiger partial charge in [-0.05, 0) is 19.8 Å². The first-order chi connectivity index (χ1) is 9.83. The quantitative estimate of drug-likeness (QED) is 0.423. The number of carbonyl (C=O) groups excluding carboxylic acids is 1. The molecule has 1 spiro atoms. The molecule has 4 aliphatic rings. The molecule has 0 radical (unpaired) electrons. The Labute approximate surface area is 125 Å². The second kappa shape index (κ2) is 3.90. The Bertz CT molecular complexity index is 535. The number of carbonyl (C=O) groups is 1. The van der Waals surface area contributed by atoms with Gasteiger partial charge in [0.05, 0.1) is 18.8 Å². The van der Waals surface area contributed by atoms with Crippen molar-refractivity contribution in [2.24, 2.45) is 10.8 Å². The third-order valence-corrected chi connectivity index (χ3v) is 6.83. The van der Waals surface area contributed by atoms with Gasteiger partial charge in [-0.25, -0.2) is 0 Å². The topological polar surface area (TPSA) is 48.1 Å². The average molecular weight is 292 g/mol. The molecule has 0 aromatic rings. The Kier molecular flexibility index (Phi) is 2.56. The summed E-state index contributed by atoms with van der Waals surface area (Å²) in [5.74, 6) is -0.202. The van der Waals surface area contributed by atoms with Crippen molar-refractivity contribution < 1.29 is 19.0 Å². The molecule has 21 heavy (non-hydrogen) atoms. The largest absolute Gasteiger partial charge is 0.462 e. The summed E-state index contributed by atoms with van der Waals surface area (Å²) in [6.45, 7) is 8.96. The smallest absolute Gasteiger partial charge is 0.302 e. The Morgan fingerprint density at radius 3 is 2.76 bits per heavy atom. The summed E-state index contributed by atoms with van der Waals surface area (Å²) in [6, 6.07) is 0. The van der Waals surface area contributed by atoms with Crippen LogP contribution in [-0.4, -0.2) is 36.5 Å². The van der Waals surface area contributed by atoms with Gasteiger partial charge >= 0.3 is 5.97 Å². The zero-order valence-electron chi connectivity index (χ0n) is 13.3. The van der Waals surface area contributed by atoms with Crippen molar-refractivity contribution in [1.29, 1.82) is 0 Å². The lowest BCUT2D eigenvalue weighted by molar-refractivity contribution is -0.210. The summed E-state index contributed by atoms with van der Waals surface area (Å²) in [5, 5.41) is 0. The van der Waals surface area contributed by atoms with Crippen molar-refractivity contribution in [3.63, 3.8) is 0 Å². The molecule has 4 rings (SSSR count). The molecule has 0 aromatic carbocycles. The molecular formula is C17H24O4. The van der Waals surface area contributed by atoms with Gasteiger partial charge in [-0.3, -0.25) is 4.79 Å². The molecule has 6 atom stereocenters. The standard InChI is InChI=1S/C17H24O4/c1-10-5-6-15(3)12(7-10)21-14-8-13(20-11(2)18)16(15,4)17(14)9-19-17/h7,12-14H,5-6,8-9H2,1-4H3/t12-,13-,14-,15+,16-,17+/m1/s1. The van der Waals surface area contributed by atoms with Crippen LogP contribution in [0.15, 0.2) is 11.6 Å².